The lowest BCUT2D eigenvalue weighted by Gasteiger charge is -2.40. The van der Waals surface area contributed by atoms with E-state index in [0.29, 0.717) is 16.0 Å². The normalized spacial score (nSPS) is 19.2. The highest BCUT2D eigenvalue weighted by Gasteiger charge is 2.40. The van der Waals surface area contributed by atoms with E-state index in [4.69, 9.17) is 16.9 Å². The molecule has 0 atom stereocenters. The van der Waals surface area contributed by atoms with Gasteiger partial charge in [-0.3, -0.25) is 4.79 Å². The number of halogens is 1. The van der Waals surface area contributed by atoms with E-state index in [9.17, 15) is 4.79 Å². The number of nitriles is 1. The van der Waals surface area contributed by atoms with Crippen LogP contribution in [0.1, 0.15) is 49.0 Å². The van der Waals surface area contributed by atoms with Crippen LogP contribution in [-0.4, -0.2) is 63.2 Å². The summed E-state index contributed by atoms with van der Waals surface area (Å²) in [6.07, 6.45) is 3.51. The largest absolute Gasteiger partial charge is 0.371 e. The van der Waals surface area contributed by atoms with Crippen LogP contribution in [-0.2, 0) is 0 Å². The average Bonchev–Trinajstić information content (AvgIpc) is 3.34. The van der Waals surface area contributed by atoms with Crippen molar-refractivity contribution in [2.75, 3.05) is 62.2 Å². The molecule has 3 aliphatic rings. The van der Waals surface area contributed by atoms with E-state index in [1.807, 2.05) is 49.1 Å². The summed E-state index contributed by atoms with van der Waals surface area (Å²) in [5.74, 6) is 0.134. The van der Waals surface area contributed by atoms with Crippen molar-refractivity contribution in [3.05, 3.63) is 58.6 Å². The first-order chi connectivity index (χ1) is 17.1. The highest BCUT2D eigenvalue weighted by Crippen LogP contribution is 2.43. The van der Waals surface area contributed by atoms with Gasteiger partial charge in [0.25, 0.3) is 5.91 Å². The minimum Gasteiger partial charge on any atom is -0.371 e. The van der Waals surface area contributed by atoms with Crippen molar-refractivity contribution in [3.63, 3.8) is 0 Å². The Kier molecular flexibility index (Phi) is 8.20. The smallest absolute Gasteiger partial charge is 0.253 e. The van der Waals surface area contributed by atoms with Crippen molar-refractivity contribution in [1.82, 2.24) is 10.2 Å². The van der Waals surface area contributed by atoms with Gasteiger partial charge in [-0.05, 0) is 67.1 Å². The Morgan fingerprint density at radius 1 is 0.914 bits per heavy atom. The highest BCUT2D eigenvalue weighted by atomic mass is 35.5. The number of anilines is 2. The summed E-state index contributed by atoms with van der Waals surface area (Å²) in [7, 11) is 0. The van der Waals surface area contributed by atoms with Gasteiger partial charge < -0.3 is 20.0 Å². The molecule has 1 spiro atoms. The van der Waals surface area contributed by atoms with E-state index in [1.54, 1.807) is 0 Å². The summed E-state index contributed by atoms with van der Waals surface area (Å²) in [6.45, 7) is 11.4. The number of hydrogen-bond donors (Lipinski definition) is 1. The molecule has 186 valence electrons. The number of carbonyl (C=O) groups is 1. The molecule has 3 saturated heterocycles. The van der Waals surface area contributed by atoms with Crippen molar-refractivity contribution in [2.45, 2.75) is 33.1 Å². The minimum absolute atomic E-state index is 0.134. The summed E-state index contributed by atoms with van der Waals surface area (Å²) in [5.41, 5.74) is 3.97. The van der Waals surface area contributed by atoms with Crippen molar-refractivity contribution in [1.29, 1.82) is 5.26 Å². The van der Waals surface area contributed by atoms with Crippen molar-refractivity contribution < 1.29 is 4.79 Å². The second kappa shape index (κ2) is 11.3. The molecule has 3 aliphatic heterocycles. The fourth-order valence-electron chi connectivity index (χ4n) is 5.46. The van der Waals surface area contributed by atoms with Crippen LogP contribution in [0.15, 0.2) is 42.5 Å². The predicted octanol–water partition coefficient (Wildman–Crippen LogP) is 4.78. The number of rotatable bonds is 3. The van der Waals surface area contributed by atoms with Crippen LogP contribution in [0.4, 0.5) is 11.4 Å². The first kappa shape index (κ1) is 25.3. The minimum atomic E-state index is 0.134. The zero-order valence-corrected chi connectivity index (χ0v) is 21.7. The Morgan fingerprint density at radius 3 is 2.11 bits per heavy atom. The van der Waals surface area contributed by atoms with Gasteiger partial charge in [-0.1, -0.05) is 25.4 Å². The summed E-state index contributed by atoms with van der Waals surface area (Å²) in [6, 6.07) is 16.1. The maximum absolute atomic E-state index is 12.7. The van der Waals surface area contributed by atoms with Crippen LogP contribution in [0.25, 0.3) is 0 Å². The first-order valence-corrected chi connectivity index (χ1v) is 13.2. The molecule has 0 aromatic heterocycles. The highest BCUT2D eigenvalue weighted by molar-refractivity contribution is 6.32. The standard InChI is InChI=1S/C26H30ClN5O.C2H6/c27-24-17-23(6-3-21(24)18-28)32-14-9-26(19-32)7-12-30(13-8-26)22-4-1-20(2-5-22)25(33)31-15-10-29-11-16-31;1-2/h1-6,17,29H,7-16,19H2;1-2H3. The maximum Gasteiger partial charge on any atom is 0.253 e. The molecule has 1 N–H and O–H groups in total. The summed E-state index contributed by atoms with van der Waals surface area (Å²) in [4.78, 5) is 19.5. The number of piperazine rings is 1. The Balaban J connectivity index is 0.00000141. The molecule has 0 bridgehead atoms. The number of piperidine rings is 1. The Morgan fingerprint density at radius 2 is 1.51 bits per heavy atom. The fourth-order valence-corrected chi connectivity index (χ4v) is 5.68. The Labute approximate surface area is 214 Å². The molecule has 2 aromatic rings. The van der Waals surface area contributed by atoms with Gasteiger partial charge in [0.1, 0.15) is 6.07 Å². The number of benzene rings is 2. The van der Waals surface area contributed by atoms with E-state index in [1.165, 1.54) is 12.1 Å². The van der Waals surface area contributed by atoms with E-state index >= 15 is 0 Å². The summed E-state index contributed by atoms with van der Waals surface area (Å²) >= 11 is 6.26. The molecule has 3 fully saturated rings. The zero-order chi connectivity index (χ0) is 24.8. The third-order valence-corrected chi connectivity index (χ3v) is 7.90. The van der Waals surface area contributed by atoms with Gasteiger partial charge in [0.05, 0.1) is 10.6 Å². The Bertz CT molecular complexity index is 1050. The number of amides is 1. The molecule has 5 rings (SSSR count). The van der Waals surface area contributed by atoms with E-state index < -0.39 is 0 Å². The van der Waals surface area contributed by atoms with Crippen molar-refractivity contribution >= 4 is 28.9 Å². The third kappa shape index (κ3) is 5.58. The van der Waals surface area contributed by atoms with Crippen LogP contribution in [0.3, 0.4) is 0 Å². The lowest BCUT2D eigenvalue weighted by atomic mass is 9.77. The monoisotopic (exact) mass is 493 g/mol. The molecule has 35 heavy (non-hydrogen) atoms. The maximum atomic E-state index is 12.7. The first-order valence-electron chi connectivity index (χ1n) is 12.9. The van der Waals surface area contributed by atoms with Crippen molar-refractivity contribution in [3.8, 4) is 6.07 Å². The number of nitrogens with zero attached hydrogens (tertiary/aromatic N) is 4. The van der Waals surface area contributed by atoms with Gasteiger partial charge in [0.2, 0.25) is 0 Å². The average molecular weight is 494 g/mol. The molecular weight excluding hydrogens is 458 g/mol. The number of carbonyl (C=O) groups excluding carboxylic acids is 1. The van der Waals surface area contributed by atoms with Gasteiger partial charge in [-0.15, -0.1) is 0 Å². The topological polar surface area (TPSA) is 62.6 Å². The summed E-state index contributed by atoms with van der Waals surface area (Å²) in [5, 5.41) is 12.9. The SMILES string of the molecule is CC.N#Cc1ccc(N2CCC3(CCN(c4ccc(C(=O)N5CCNCC5)cc4)CC3)C2)cc1Cl. The quantitative estimate of drug-likeness (QED) is 0.666. The van der Waals surface area contributed by atoms with Crippen LogP contribution in [0.2, 0.25) is 5.02 Å². The lowest BCUT2D eigenvalue weighted by Crippen LogP contribution is -2.46. The van der Waals surface area contributed by atoms with E-state index in [0.717, 1.165) is 76.5 Å². The van der Waals surface area contributed by atoms with Crippen molar-refractivity contribution in [2.24, 2.45) is 5.41 Å². The van der Waals surface area contributed by atoms with Crippen LogP contribution in [0, 0.1) is 16.7 Å². The zero-order valence-electron chi connectivity index (χ0n) is 20.9. The van der Waals surface area contributed by atoms with Gasteiger partial charge >= 0.3 is 0 Å². The van der Waals surface area contributed by atoms with Gasteiger partial charge in [-0.2, -0.15) is 5.26 Å². The second-order valence-electron chi connectivity index (χ2n) is 9.52. The molecule has 0 radical (unpaired) electrons. The second-order valence-corrected chi connectivity index (χ2v) is 9.93. The fraction of sp³-hybridized carbons (Fsp3) is 0.500. The number of nitrogens with one attached hydrogen (secondary N) is 1. The van der Waals surface area contributed by atoms with Gasteiger partial charge in [0.15, 0.2) is 0 Å². The van der Waals surface area contributed by atoms with Gasteiger partial charge in [-0.25, -0.2) is 0 Å². The Hall–Kier alpha value is -2.75. The van der Waals surface area contributed by atoms with Crippen LogP contribution < -0.4 is 15.1 Å². The molecule has 2 aromatic carbocycles. The molecule has 1 amide bonds. The van der Waals surface area contributed by atoms with Crippen LogP contribution in [0.5, 0.6) is 0 Å². The molecule has 6 nitrogen and oxygen atoms in total. The summed E-state index contributed by atoms with van der Waals surface area (Å²) < 4.78 is 0. The van der Waals surface area contributed by atoms with E-state index in [2.05, 4.69) is 33.3 Å². The molecule has 3 heterocycles. The van der Waals surface area contributed by atoms with Crippen LogP contribution >= 0.6 is 11.6 Å². The van der Waals surface area contributed by atoms with Gasteiger partial charge in [0, 0.05) is 69.3 Å². The molecule has 0 aliphatic carbocycles. The molecule has 0 unspecified atom stereocenters. The number of hydrogen-bond acceptors (Lipinski definition) is 5. The third-order valence-electron chi connectivity index (χ3n) is 7.58. The predicted molar refractivity (Wildman–Crippen MR) is 143 cm³/mol. The molecular formula is C28H36ClN5O. The lowest BCUT2D eigenvalue weighted by molar-refractivity contribution is 0.0736. The molecule has 0 saturated carbocycles. The van der Waals surface area contributed by atoms with E-state index in [-0.39, 0.29) is 5.91 Å². The molecule has 7 heteroatoms.